The third-order valence-electron chi connectivity index (χ3n) is 5.56. The van der Waals surface area contributed by atoms with Crippen molar-refractivity contribution < 1.29 is 5.11 Å². The summed E-state index contributed by atoms with van der Waals surface area (Å²) in [6, 6.07) is 12.5. The lowest BCUT2D eigenvalue weighted by atomic mass is 9.94. The molecule has 28 heavy (non-hydrogen) atoms. The maximum Gasteiger partial charge on any atom is 0.134 e. The van der Waals surface area contributed by atoms with E-state index in [1.54, 1.807) is 13.2 Å². The lowest BCUT2D eigenvalue weighted by Crippen LogP contribution is -2.33. The molecule has 2 aromatic rings. The first-order valence-corrected chi connectivity index (χ1v) is 10.0. The Bertz CT molecular complexity index is 878. The first kappa shape index (κ1) is 20.4. The molecule has 0 aliphatic carbocycles. The molecule has 4 nitrogen and oxygen atoms in total. The van der Waals surface area contributed by atoms with Crippen LogP contribution in [0.25, 0.3) is 0 Å². The van der Waals surface area contributed by atoms with Crippen LogP contribution in [0, 0.1) is 0 Å². The number of nitrogens with one attached hydrogen (secondary N) is 1. The summed E-state index contributed by atoms with van der Waals surface area (Å²) in [6.07, 6.45) is 5.51. The van der Waals surface area contributed by atoms with E-state index in [1.807, 2.05) is 18.2 Å². The molecular formula is C23H28ClN3O. The Kier molecular flexibility index (Phi) is 6.76. The number of likely N-dealkylation sites (N-methyl/N-ethyl adjacent to an activating group) is 1. The van der Waals surface area contributed by atoms with Gasteiger partial charge in [-0.1, -0.05) is 42.4 Å². The first-order chi connectivity index (χ1) is 13.5. The van der Waals surface area contributed by atoms with Gasteiger partial charge in [0, 0.05) is 25.2 Å². The van der Waals surface area contributed by atoms with Gasteiger partial charge in [0.1, 0.15) is 11.6 Å². The van der Waals surface area contributed by atoms with Crippen LogP contribution >= 0.6 is 11.6 Å². The molecular weight excluding hydrogens is 370 g/mol. The van der Waals surface area contributed by atoms with E-state index in [2.05, 4.69) is 47.0 Å². The fourth-order valence-electron chi connectivity index (χ4n) is 3.93. The van der Waals surface area contributed by atoms with E-state index in [1.165, 1.54) is 16.7 Å². The van der Waals surface area contributed by atoms with Crippen LogP contribution in [-0.2, 0) is 19.3 Å². The van der Waals surface area contributed by atoms with E-state index in [0.717, 1.165) is 43.6 Å². The molecule has 0 spiro atoms. The number of hydrogen-bond acceptors (Lipinski definition) is 3. The molecule has 0 bridgehead atoms. The second-order valence-corrected chi connectivity index (χ2v) is 7.68. The van der Waals surface area contributed by atoms with Crippen LogP contribution in [-0.4, -0.2) is 42.5 Å². The van der Waals surface area contributed by atoms with Crippen LogP contribution in [0.3, 0.4) is 0 Å². The minimum Gasteiger partial charge on any atom is -0.506 e. The number of nitrogens with zero attached hydrogens (tertiary/aromatic N) is 2. The molecule has 0 fully saturated rings. The van der Waals surface area contributed by atoms with Crippen LogP contribution in [0.15, 0.2) is 54.2 Å². The van der Waals surface area contributed by atoms with E-state index >= 15 is 0 Å². The van der Waals surface area contributed by atoms with Gasteiger partial charge in [0.05, 0.1) is 5.02 Å². The number of phenols is 1. The Balaban J connectivity index is 1.79. The van der Waals surface area contributed by atoms with Crippen molar-refractivity contribution in [2.75, 3.05) is 20.6 Å². The number of aliphatic imine (C=N–C) groups is 1. The molecule has 148 valence electrons. The first-order valence-electron chi connectivity index (χ1n) is 9.66. The maximum atomic E-state index is 10.0. The molecule has 1 unspecified atom stereocenters. The third-order valence-corrected chi connectivity index (χ3v) is 5.87. The van der Waals surface area contributed by atoms with Gasteiger partial charge in [0.25, 0.3) is 0 Å². The minimum absolute atomic E-state index is 0.174. The molecule has 0 saturated heterocycles. The second-order valence-electron chi connectivity index (χ2n) is 7.28. The normalized spacial score (nSPS) is 17.7. The molecule has 1 aliphatic rings. The van der Waals surface area contributed by atoms with E-state index in [0.29, 0.717) is 11.1 Å². The van der Waals surface area contributed by atoms with Gasteiger partial charge in [-0.15, -0.1) is 0 Å². The van der Waals surface area contributed by atoms with E-state index < -0.39 is 0 Å². The highest BCUT2D eigenvalue weighted by atomic mass is 35.5. The van der Waals surface area contributed by atoms with Crippen molar-refractivity contribution in [3.05, 3.63) is 76.5 Å². The largest absolute Gasteiger partial charge is 0.506 e. The van der Waals surface area contributed by atoms with Crippen molar-refractivity contribution in [2.24, 2.45) is 4.99 Å². The average Bonchev–Trinajstić information content (AvgIpc) is 2.84. The zero-order valence-electron chi connectivity index (χ0n) is 16.6. The summed E-state index contributed by atoms with van der Waals surface area (Å²) in [4.78, 5) is 6.79. The Morgan fingerprint density at radius 3 is 2.89 bits per heavy atom. The van der Waals surface area contributed by atoms with E-state index in [9.17, 15) is 5.11 Å². The molecule has 1 atom stereocenters. The molecule has 0 aromatic heterocycles. The topological polar surface area (TPSA) is 47.9 Å². The summed E-state index contributed by atoms with van der Waals surface area (Å²) in [5.41, 5.74) is 4.84. The summed E-state index contributed by atoms with van der Waals surface area (Å²) in [7, 11) is 3.97. The number of benzene rings is 2. The average molecular weight is 398 g/mol. The summed E-state index contributed by atoms with van der Waals surface area (Å²) in [5, 5.41) is 13.6. The standard InChI is InChI=1S/C23H28ClN3O/c1-4-26-23(25-2)20-8-6-5-7-16(20)9-10-19-13-18-15-22(28)21(24)14-17(18)11-12-27(19)3/h4-8,14-15,19,28H,1,9-13H2,2-3H3,(H,25,26). The molecule has 5 heteroatoms. The zero-order valence-corrected chi connectivity index (χ0v) is 17.3. The number of halogens is 1. The van der Waals surface area contributed by atoms with Crippen LogP contribution in [0.2, 0.25) is 5.02 Å². The van der Waals surface area contributed by atoms with Crippen molar-refractivity contribution in [3.63, 3.8) is 0 Å². The Labute approximate surface area is 172 Å². The zero-order chi connectivity index (χ0) is 20.1. The Hall–Kier alpha value is -2.30. The van der Waals surface area contributed by atoms with Crippen molar-refractivity contribution in [1.82, 2.24) is 10.2 Å². The SMILES string of the molecule is C=CNC(=NC)c1ccccc1CCC1Cc2cc(O)c(Cl)cc2CCN1C. The third kappa shape index (κ3) is 4.57. The molecule has 0 radical (unpaired) electrons. The van der Waals surface area contributed by atoms with Gasteiger partial charge in [-0.2, -0.15) is 0 Å². The summed E-state index contributed by atoms with van der Waals surface area (Å²) in [6.45, 7) is 4.74. The minimum atomic E-state index is 0.174. The molecule has 3 rings (SSSR count). The fourth-order valence-corrected chi connectivity index (χ4v) is 4.12. The van der Waals surface area contributed by atoms with E-state index in [-0.39, 0.29) is 5.75 Å². The van der Waals surface area contributed by atoms with Crippen LogP contribution in [0.5, 0.6) is 5.75 Å². The molecule has 0 saturated carbocycles. The van der Waals surface area contributed by atoms with E-state index in [4.69, 9.17) is 11.6 Å². The summed E-state index contributed by atoms with van der Waals surface area (Å²) in [5.74, 6) is 1.01. The lowest BCUT2D eigenvalue weighted by Gasteiger charge is -2.26. The monoisotopic (exact) mass is 397 g/mol. The number of hydrogen-bond donors (Lipinski definition) is 2. The van der Waals surface area contributed by atoms with Crippen molar-refractivity contribution >= 4 is 17.4 Å². The van der Waals surface area contributed by atoms with Gasteiger partial charge in [-0.05, 0) is 67.8 Å². The number of phenolic OH excluding ortho intramolecular Hbond substituents is 1. The second kappa shape index (κ2) is 9.26. The van der Waals surface area contributed by atoms with Gasteiger partial charge >= 0.3 is 0 Å². The Morgan fingerprint density at radius 2 is 2.14 bits per heavy atom. The highest BCUT2D eigenvalue weighted by Gasteiger charge is 2.22. The van der Waals surface area contributed by atoms with Gasteiger partial charge < -0.3 is 15.3 Å². The van der Waals surface area contributed by atoms with Gasteiger partial charge in [-0.25, -0.2) is 0 Å². The number of aromatic hydroxyl groups is 1. The number of amidine groups is 1. The fraction of sp³-hybridized carbons (Fsp3) is 0.348. The molecule has 1 aliphatic heterocycles. The quantitative estimate of drug-likeness (QED) is 0.587. The summed E-state index contributed by atoms with van der Waals surface area (Å²) < 4.78 is 0. The maximum absolute atomic E-state index is 10.0. The van der Waals surface area contributed by atoms with Gasteiger partial charge in [-0.3, -0.25) is 4.99 Å². The van der Waals surface area contributed by atoms with Crippen molar-refractivity contribution in [3.8, 4) is 5.75 Å². The van der Waals surface area contributed by atoms with Gasteiger partial charge in [0.15, 0.2) is 0 Å². The Morgan fingerprint density at radius 1 is 1.36 bits per heavy atom. The number of rotatable bonds is 5. The van der Waals surface area contributed by atoms with Crippen molar-refractivity contribution in [1.29, 1.82) is 0 Å². The number of aryl methyl sites for hydroxylation is 1. The number of fused-ring (bicyclic) bond motifs is 1. The summed E-state index contributed by atoms with van der Waals surface area (Å²) >= 11 is 6.11. The molecule has 0 amide bonds. The highest BCUT2D eigenvalue weighted by molar-refractivity contribution is 6.32. The van der Waals surface area contributed by atoms with Crippen LogP contribution in [0.1, 0.15) is 28.7 Å². The van der Waals surface area contributed by atoms with Crippen molar-refractivity contribution in [2.45, 2.75) is 31.7 Å². The van der Waals surface area contributed by atoms with Gasteiger partial charge in [0.2, 0.25) is 0 Å². The lowest BCUT2D eigenvalue weighted by molar-refractivity contribution is 0.238. The molecule has 1 heterocycles. The van der Waals surface area contributed by atoms with Crippen LogP contribution < -0.4 is 5.32 Å². The predicted octanol–water partition coefficient (Wildman–Crippen LogP) is 4.19. The smallest absolute Gasteiger partial charge is 0.134 e. The molecule has 2 N–H and O–H groups in total. The van der Waals surface area contributed by atoms with Crippen LogP contribution in [0.4, 0.5) is 0 Å². The predicted molar refractivity (Wildman–Crippen MR) is 117 cm³/mol. The highest BCUT2D eigenvalue weighted by Crippen LogP contribution is 2.31. The molecule has 2 aromatic carbocycles.